The lowest BCUT2D eigenvalue weighted by Crippen LogP contribution is -2.15. The first-order valence-corrected chi connectivity index (χ1v) is 2.98. The van der Waals surface area contributed by atoms with Crippen LogP contribution in [0.1, 0.15) is 11.6 Å². The molecule has 1 aromatic heterocycles. The van der Waals surface area contributed by atoms with E-state index in [9.17, 15) is 4.79 Å². The van der Waals surface area contributed by atoms with Crippen molar-refractivity contribution in [3.8, 4) is 0 Å². The van der Waals surface area contributed by atoms with Crippen molar-refractivity contribution in [2.24, 2.45) is 0 Å². The number of nitrogens with one attached hydrogen (secondary N) is 1. The van der Waals surface area contributed by atoms with E-state index in [4.69, 9.17) is 0 Å². The molecular weight excluding hydrogens is 132 g/mol. The maximum atomic E-state index is 10.7. The van der Waals surface area contributed by atoms with Gasteiger partial charge in [0, 0.05) is 0 Å². The first-order chi connectivity index (χ1) is 4.77. The molecule has 5 heteroatoms. The van der Waals surface area contributed by atoms with Crippen molar-refractivity contribution in [1.29, 1.82) is 0 Å². The van der Waals surface area contributed by atoms with Crippen LogP contribution >= 0.6 is 0 Å². The molecule has 1 aliphatic heterocycles. The lowest BCUT2D eigenvalue weighted by atomic mass is 10.4. The average Bonchev–Trinajstić information content (AvgIpc) is 2.35. The normalized spacial score (nSPS) is 15.1. The summed E-state index contributed by atoms with van der Waals surface area (Å²) in [5, 5.41) is 7.55. The monoisotopic (exact) mass is 138 g/mol. The Labute approximate surface area is 57.0 Å². The number of nitrogens with zero attached hydrogens (tertiary/aromatic N) is 3. The van der Waals surface area contributed by atoms with E-state index in [-0.39, 0.29) is 5.91 Å². The van der Waals surface area contributed by atoms with Crippen LogP contribution in [0.4, 0.5) is 0 Å². The van der Waals surface area contributed by atoms with Crippen molar-refractivity contribution < 1.29 is 4.79 Å². The van der Waals surface area contributed by atoms with Gasteiger partial charge in [-0.3, -0.25) is 10.2 Å². The highest BCUT2D eigenvalue weighted by Gasteiger charge is 2.20. The number of aromatic nitrogens is 3. The molecule has 52 valence electrons. The molecule has 0 bridgehead atoms. The summed E-state index contributed by atoms with van der Waals surface area (Å²) in [6, 6.07) is 0. The Hall–Kier alpha value is -1.39. The van der Waals surface area contributed by atoms with Gasteiger partial charge in [-0.1, -0.05) is 0 Å². The van der Waals surface area contributed by atoms with Crippen molar-refractivity contribution in [3.63, 3.8) is 0 Å². The Morgan fingerprint density at radius 1 is 1.60 bits per heavy atom. The fourth-order valence-corrected chi connectivity index (χ4v) is 0.974. The van der Waals surface area contributed by atoms with Crippen LogP contribution in [-0.2, 0) is 11.2 Å². The van der Waals surface area contributed by atoms with Crippen molar-refractivity contribution in [3.05, 3.63) is 11.6 Å². The average molecular weight is 138 g/mol. The summed E-state index contributed by atoms with van der Waals surface area (Å²) in [5.41, 5.74) is 2.60. The van der Waals surface area contributed by atoms with Crippen LogP contribution in [0.3, 0.4) is 0 Å². The predicted molar refractivity (Wildman–Crippen MR) is 32.8 cm³/mol. The van der Waals surface area contributed by atoms with Gasteiger partial charge in [0.1, 0.15) is 5.82 Å². The smallest absolute Gasteiger partial charge is 0.246 e. The van der Waals surface area contributed by atoms with Gasteiger partial charge in [0.2, 0.25) is 5.91 Å². The molecule has 1 aromatic rings. The lowest BCUT2D eigenvalue weighted by molar-refractivity contribution is -0.115. The molecule has 1 N–H and O–H groups in total. The number of hydrogen-bond acceptors (Lipinski definition) is 3. The zero-order valence-corrected chi connectivity index (χ0v) is 5.46. The van der Waals surface area contributed by atoms with E-state index >= 15 is 0 Å². The summed E-state index contributed by atoms with van der Waals surface area (Å²) in [7, 11) is 0. The molecule has 2 rings (SSSR count). The third-order valence-corrected chi connectivity index (χ3v) is 1.45. The van der Waals surface area contributed by atoms with Crippen LogP contribution < -0.4 is 5.43 Å². The number of hydrogen-bond donors (Lipinski definition) is 1. The van der Waals surface area contributed by atoms with Gasteiger partial charge < -0.3 is 0 Å². The molecule has 1 aliphatic rings. The Kier molecular flexibility index (Phi) is 0.841. The largest absolute Gasteiger partial charge is 0.273 e. The third kappa shape index (κ3) is 0.541. The number of aryl methyl sites for hydroxylation is 1. The second-order valence-corrected chi connectivity index (χ2v) is 2.21. The minimum Gasteiger partial charge on any atom is -0.273 e. The van der Waals surface area contributed by atoms with Gasteiger partial charge in [-0.05, 0) is 6.92 Å². The van der Waals surface area contributed by atoms with Gasteiger partial charge in [-0.25, -0.2) is 4.68 Å². The highest BCUT2D eigenvalue weighted by Crippen LogP contribution is 2.05. The molecule has 0 unspecified atom stereocenters. The van der Waals surface area contributed by atoms with E-state index in [1.54, 1.807) is 11.6 Å². The quantitative estimate of drug-likeness (QED) is 0.511. The SMILES string of the molecule is Cc1nnc2n1NC(=O)C2. The molecule has 0 radical (unpaired) electrons. The zero-order chi connectivity index (χ0) is 7.14. The van der Waals surface area contributed by atoms with Gasteiger partial charge in [0.15, 0.2) is 5.82 Å². The summed E-state index contributed by atoms with van der Waals surface area (Å²) < 4.78 is 1.60. The van der Waals surface area contributed by atoms with Crippen molar-refractivity contribution in [2.75, 3.05) is 5.43 Å². The van der Waals surface area contributed by atoms with E-state index in [2.05, 4.69) is 15.6 Å². The van der Waals surface area contributed by atoms with Crippen molar-refractivity contribution in [1.82, 2.24) is 14.9 Å². The minimum absolute atomic E-state index is 0.0204. The van der Waals surface area contributed by atoms with Crippen molar-refractivity contribution in [2.45, 2.75) is 13.3 Å². The fourth-order valence-electron chi connectivity index (χ4n) is 0.974. The molecule has 0 saturated heterocycles. The zero-order valence-electron chi connectivity index (χ0n) is 5.46. The minimum atomic E-state index is -0.0204. The summed E-state index contributed by atoms with van der Waals surface area (Å²) in [4.78, 5) is 10.7. The van der Waals surface area contributed by atoms with Crippen molar-refractivity contribution >= 4 is 5.91 Å². The number of fused-ring (bicyclic) bond motifs is 1. The van der Waals surface area contributed by atoms with Crippen LogP contribution in [0.15, 0.2) is 0 Å². The lowest BCUT2D eigenvalue weighted by Gasteiger charge is -1.95. The summed E-state index contributed by atoms with van der Waals surface area (Å²) in [6.45, 7) is 1.79. The first kappa shape index (κ1) is 5.40. The molecule has 0 aliphatic carbocycles. The molecular formula is C5H6N4O. The maximum absolute atomic E-state index is 10.7. The van der Waals surface area contributed by atoms with Gasteiger partial charge in [-0.2, -0.15) is 0 Å². The Bertz CT molecular complexity index is 290. The molecule has 5 nitrogen and oxygen atoms in total. The number of amides is 1. The summed E-state index contributed by atoms with van der Waals surface area (Å²) in [5.74, 6) is 1.40. The van der Waals surface area contributed by atoms with Crippen LogP contribution in [0.5, 0.6) is 0 Å². The third-order valence-electron chi connectivity index (χ3n) is 1.45. The van der Waals surface area contributed by atoms with E-state index in [1.165, 1.54) is 0 Å². The van der Waals surface area contributed by atoms with Crippen LogP contribution in [0.25, 0.3) is 0 Å². The molecule has 10 heavy (non-hydrogen) atoms. The molecule has 0 saturated carbocycles. The molecule has 0 aromatic carbocycles. The van der Waals surface area contributed by atoms with Gasteiger partial charge in [0.05, 0.1) is 6.42 Å². The molecule has 2 heterocycles. The Morgan fingerprint density at radius 2 is 2.40 bits per heavy atom. The van der Waals surface area contributed by atoms with Gasteiger partial charge in [-0.15, -0.1) is 10.2 Å². The Morgan fingerprint density at radius 3 is 3.10 bits per heavy atom. The summed E-state index contributed by atoms with van der Waals surface area (Å²) in [6.07, 6.45) is 0.348. The van der Waals surface area contributed by atoms with E-state index < -0.39 is 0 Å². The second-order valence-electron chi connectivity index (χ2n) is 2.21. The van der Waals surface area contributed by atoms with E-state index in [0.29, 0.717) is 12.2 Å². The number of rotatable bonds is 0. The fraction of sp³-hybridized carbons (Fsp3) is 0.400. The molecule has 0 spiro atoms. The molecule has 1 amide bonds. The molecule has 0 fully saturated rings. The maximum Gasteiger partial charge on any atom is 0.246 e. The highest BCUT2D eigenvalue weighted by molar-refractivity contribution is 5.87. The first-order valence-electron chi connectivity index (χ1n) is 2.98. The topological polar surface area (TPSA) is 59.8 Å². The number of carbonyl (C=O) groups excluding carboxylic acids is 1. The second kappa shape index (κ2) is 1.56. The highest BCUT2D eigenvalue weighted by atomic mass is 16.2. The van der Waals surface area contributed by atoms with Crippen LogP contribution in [0.2, 0.25) is 0 Å². The molecule has 0 atom stereocenters. The summed E-state index contributed by atoms with van der Waals surface area (Å²) >= 11 is 0. The number of carbonyl (C=O) groups is 1. The van der Waals surface area contributed by atoms with Gasteiger partial charge in [0.25, 0.3) is 0 Å². The van der Waals surface area contributed by atoms with Gasteiger partial charge >= 0.3 is 0 Å². The van der Waals surface area contributed by atoms with Crippen LogP contribution in [-0.4, -0.2) is 20.8 Å². The predicted octanol–water partition coefficient (Wildman–Crippen LogP) is -0.787. The Balaban J connectivity index is 2.53. The standard InChI is InChI=1S/C5H6N4O/c1-3-6-7-4-2-5(10)8-9(3)4/h2H2,1H3,(H,8,10). The van der Waals surface area contributed by atoms with Crippen LogP contribution in [0, 0.1) is 6.92 Å². The van der Waals surface area contributed by atoms with E-state index in [1.807, 2.05) is 0 Å². The van der Waals surface area contributed by atoms with E-state index in [0.717, 1.165) is 5.82 Å².